The van der Waals surface area contributed by atoms with Gasteiger partial charge in [0.05, 0.1) is 0 Å². The normalized spacial score (nSPS) is 11.0. The van der Waals surface area contributed by atoms with Crippen LogP contribution >= 0.6 is 11.8 Å². The highest BCUT2D eigenvalue weighted by atomic mass is 32.2. The second-order valence-corrected chi connectivity index (χ2v) is 6.94. The number of carbonyl (C=O) groups is 1. The molecule has 3 aromatic rings. The molecule has 0 fully saturated rings. The topological polar surface area (TPSA) is 85.8 Å². The number of carbonyl (C=O) groups excluding carboxylic acids is 1. The molecule has 0 radical (unpaired) electrons. The summed E-state index contributed by atoms with van der Waals surface area (Å²) < 4.78 is 7.28. The number of hydrogen-bond acceptors (Lipinski definition) is 6. The van der Waals surface area contributed by atoms with E-state index in [0.717, 1.165) is 10.6 Å². The van der Waals surface area contributed by atoms with Crippen molar-refractivity contribution in [3.05, 3.63) is 42.1 Å². The summed E-state index contributed by atoms with van der Waals surface area (Å²) in [6.45, 7) is 6.14. The monoisotopic (exact) mass is 357 g/mol. The molecule has 1 N–H and O–H groups in total. The summed E-state index contributed by atoms with van der Waals surface area (Å²) in [4.78, 5) is 13.4. The van der Waals surface area contributed by atoms with Crippen molar-refractivity contribution in [2.24, 2.45) is 0 Å². The lowest BCUT2D eigenvalue weighted by molar-refractivity contribution is 0.102. The molecule has 0 saturated carbocycles. The number of anilines is 1. The van der Waals surface area contributed by atoms with Gasteiger partial charge < -0.3 is 4.42 Å². The van der Waals surface area contributed by atoms with Crippen molar-refractivity contribution in [1.29, 1.82) is 0 Å². The van der Waals surface area contributed by atoms with E-state index in [4.69, 9.17) is 4.42 Å². The Labute approximate surface area is 149 Å². The van der Waals surface area contributed by atoms with Crippen LogP contribution in [0.25, 0.3) is 11.6 Å². The Morgan fingerprint density at radius 3 is 2.64 bits per heavy atom. The first-order chi connectivity index (χ1) is 12.1. The van der Waals surface area contributed by atoms with E-state index in [1.807, 2.05) is 32.2 Å². The molecule has 0 aliphatic heterocycles. The summed E-state index contributed by atoms with van der Waals surface area (Å²) in [5.41, 5.74) is 1.10. The zero-order chi connectivity index (χ0) is 17.8. The summed E-state index contributed by atoms with van der Waals surface area (Å²) >= 11 is 1.72. The minimum atomic E-state index is -0.295. The Bertz CT molecular complexity index is 854. The van der Waals surface area contributed by atoms with Gasteiger partial charge in [0.2, 0.25) is 0 Å². The Kier molecular flexibility index (Phi) is 5.18. The second-order valence-electron chi connectivity index (χ2n) is 5.60. The maximum Gasteiger partial charge on any atom is 0.322 e. The predicted molar refractivity (Wildman–Crippen MR) is 96.7 cm³/mol. The summed E-state index contributed by atoms with van der Waals surface area (Å²) in [5.74, 6) is 0.962. The third kappa shape index (κ3) is 4.08. The van der Waals surface area contributed by atoms with E-state index in [2.05, 4.69) is 27.5 Å². The van der Waals surface area contributed by atoms with Gasteiger partial charge in [0, 0.05) is 22.7 Å². The molecule has 3 rings (SSSR count). The number of nitrogens with one attached hydrogen (secondary N) is 1. The highest BCUT2D eigenvalue weighted by molar-refractivity contribution is 7.99. The second kappa shape index (κ2) is 7.52. The molecule has 0 atom stereocenters. The first kappa shape index (κ1) is 17.2. The average molecular weight is 357 g/mol. The maximum atomic E-state index is 12.3. The highest BCUT2D eigenvalue weighted by Gasteiger charge is 2.15. The summed E-state index contributed by atoms with van der Waals surface area (Å²) in [5, 5.41) is 14.8. The number of thioether (sulfide) groups is 1. The molecule has 8 heteroatoms. The maximum absolute atomic E-state index is 12.3. The van der Waals surface area contributed by atoms with Gasteiger partial charge in [-0.15, -0.1) is 16.9 Å². The number of hydrogen-bond donors (Lipinski definition) is 1. The van der Waals surface area contributed by atoms with Crippen LogP contribution in [0.3, 0.4) is 0 Å². The van der Waals surface area contributed by atoms with E-state index in [1.54, 1.807) is 34.6 Å². The molecular weight excluding hydrogens is 338 g/mol. The van der Waals surface area contributed by atoms with E-state index < -0.39 is 0 Å². The van der Waals surface area contributed by atoms with E-state index in [1.165, 1.54) is 0 Å². The molecule has 1 aromatic carbocycles. The zero-order valence-electron chi connectivity index (χ0n) is 14.3. The molecule has 130 valence electrons. The lowest BCUT2D eigenvalue weighted by atomic mass is 10.2. The zero-order valence-corrected chi connectivity index (χ0v) is 15.1. The predicted octanol–water partition coefficient (Wildman–Crippen LogP) is 3.88. The molecule has 7 nitrogen and oxygen atoms in total. The van der Waals surface area contributed by atoms with Gasteiger partial charge >= 0.3 is 6.01 Å². The van der Waals surface area contributed by atoms with Crippen LogP contribution in [0, 0.1) is 0 Å². The molecule has 0 aliphatic carbocycles. The Morgan fingerprint density at radius 2 is 2.00 bits per heavy atom. The summed E-state index contributed by atoms with van der Waals surface area (Å²) in [6.07, 6.45) is 1.85. The van der Waals surface area contributed by atoms with Crippen molar-refractivity contribution in [2.45, 2.75) is 31.7 Å². The number of benzene rings is 1. The molecule has 0 unspecified atom stereocenters. The van der Waals surface area contributed by atoms with Gasteiger partial charge in [0.1, 0.15) is 5.69 Å². The third-order valence-electron chi connectivity index (χ3n) is 3.43. The van der Waals surface area contributed by atoms with E-state index in [-0.39, 0.29) is 23.9 Å². The van der Waals surface area contributed by atoms with Crippen LogP contribution in [0.2, 0.25) is 0 Å². The van der Waals surface area contributed by atoms with Crippen LogP contribution in [-0.4, -0.2) is 31.6 Å². The van der Waals surface area contributed by atoms with Gasteiger partial charge in [-0.25, -0.2) is 0 Å². The number of aromatic nitrogens is 4. The van der Waals surface area contributed by atoms with Gasteiger partial charge in [-0.05, 0) is 49.9 Å². The quantitative estimate of drug-likeness (QED) is 0.674. The number of nitrogens with zero attached hydrogens (tertiary/aromatic N) is 4. The third-order valence-corrected chi connectivity index (χ3v) is 4.32. The van der Waals surface area contributed by atoms with Crippen molar-refractivity contribution in [3.8, 4) is 11.6 Å². The Morgan fingerprint density at radius 1 is 1.24 bits per heavy atom. The van der Waals surface area contributed by atoms with Gasteiger partial charge in [-0.1, -0.05) is 12.0 Å². The SMILES string of the molecule is CCSc1ccc(C(=O)Nc2nnc(-c3ccn(C(C)C)n3)o2)cc1. The molecule has 0 bridgehead atoms. The minimum absolute atomic E-state index is 0.0473. The molecule has 0 aliphatic rings. The summed E-state index contributed by atoms with van der Waals surface area (Å²) in [7, 11) is 0. The standard InChI is InChI=1S/C17H19N5O2S/c1-4-25-13-7-5-12(6-8-13)15(23)18-17-20-19-16(24-17)14-9-10-22(21-14)11(2)3/h5-11H,4H2,1-3H3,(H,18,20,23). The first-order valence-corrected chi connectivity index (χ1v) is 8.98. The van der Waals surface area contributed by atoms with Crippen LogP contribution in [0.5, 0.6) is 0 Å². The van der Waals surface area contributed by atoms with Crippen LogP contribution in [-0.2, 0) is 0 Å². The number of rotatable bonds is 6. The average Bonchev–Trinajstić information content (AvgIpc) is 3.25. The molecular formula is C17H19N5O2S. The van der Waals surface area contributed by atoms with Gasteiger partial charge in [0.15, 0.2) is 0 Å². The fourth-order valence-corrected chi connectivity index (χ4v) is 2.82. The van der Waals surface area contributed by atoms with Crippen molar-refractivity contribution < 1.29 is 9.21 Å². The first-order valence-electron chi connectivity index (χ1n) is 8.00. The molecule has 1 amide bonds. The molecule has 2 heterocycles. The van der Waals surface area contributed by atoms with Crippen molar-refractivity contribution >= 4 is 23.7 Å². The molecule has 0 spiro atoms. The van der Waals surface area contributed by atoms with E-state index in [9.17, 15) is 4.79 Å². The smallest absolute Gasteiger partial charge is 0.322 e. The summed E-state index contributed by atoms with van der Waals surface area (Å²) in [6, 6.07) is 9.46. The molecule has 0 saturated heterocycles. The van der Waals surface area contributed by atoms with Gasteiger partial charge in [0.25, 0.3) is 11.8 Å². The van der Waals surface area contributed by atoms with E-state index in [0.29, 0.717) is 11.3 Å². The van der Waals surface area contributed by atoms with Gasteiger partial charge in [-0.2, -0.15) is 5.10 Å². The largest absolute Gasteiger partial charge is 0.401 e. The lowest BCUT2D eigenvalue weighted by Crippen LogP contribution is -2.11. The van der Waals surface area contributed by atoms with Crippen molar-refractivity contribution in [3.63, 3.8) is 0 Å². The fourth-order valence-electron chi connectivity index (χ4n) is 2.16. The lowest BCUT2D eigenvalue weighted by Gasteiger charge is -2.03. The van der Waals surface area contributed by atoms with Gasteiger partial charge in [-0.3, -0.25) is 14.8 Å². The van der Waals surface area contributed by atoms with Crippen molar-refractivity contribution in [1.82, 2.24) is 20.0 Å². The van der Waals surface area contributed by atoms with E-state index >= 15 is 0 Å². The van der Waals surface area contributed by atoms with Crippen LogP contribution in [0.1, 0.15) is 37.2 Å². The Hall–Kier alpha value is -2.61. The van der Waals surface area contributed by atoms with Crippen LogP contribution in [0.15, 0.2) is 45.8 Å². The van der Waals surface area contributed by atoms with Crippen molar-refractivity contribution in [2.75, 3.05) is 11.1 Å². The minimum Gasteiger partial charge on any atom is -0.401 e. The number of amides is 1. The van der Waals surface area contributed by atoms with Crippen LogP contribution in [0.4, 0.5) is 6.01 Å². The molecule has 25 heavy (non-hydrogen) atoms. The highest BCUT2D eigenvalue weighted by Crippen LogP contribution is 2.20. The Balaban J connectivity index is 1.68. The fraction of sp³-hybridized carbons (Fsp3) is 0.294. The molecule has 2 aromatic heterocycles. The van der Waals surface area contributed by atoms with Crippen LogP contribution < -0.4 is 5.32 Å².